The van der Waals surface area contributed by atoms with Gasteiger partial charge in [-0.3, -0.25) is 0 Å². The van der Waals surface area contributed by atoms with Crippen molar-refractivity contribution in [3.63, 3.8) is 0 Å². The van der Waals surface area contributed by atoms with E-state index in [1.54, 1.807) is 25.3 Å². The Kier molecular flexibility index (Phi) is 6.92. The number of anilines is 2. The predicted octanol–water partition coefficient (Wildman–Crippen LogP) is 5.31. The van der Waals surface area contributed by atoms with Gasteiger partial charge in [-0.25, -0.2) is 4.98 Å². The van der Waals surface area contributed by atoms with Gasteiger partial charge >= 0.3 is 12.2 Å². The lowest BCUT2D eigenvalue weighted by molar-refractivity contribution is -0.115. The van der Waals surface area contributed by atoms with E-state index < -0.39 is 12.7 Å². The van der Waals surface area contributed by atoms with E-state index in [4.69, 9.17) is 14.1 Å². The Morgan fingerprint density at radius 1 is 1.06 bits per heavy atom. The number of rotatable bonds is 8. The molecule has 174 valence electrons. The number of methoxy groups -OCH3 is 1. The third-order valence-electron chi connectivity index (χ3n) is 4.87. The van der Waals surface area contributed by atoms with E-state index in [9.17, 15) is 13.2 Å². The average Bonchev–Trinajstić information content (AvgIpc) is 3.17. The summed E-state index contributed by atoms with van der Waals surface area (Å²) in [6, 6.07) is 5.50. The highest BCUT2D eigenvalue weighted by molar-refractivity contribution is 5.90. The number of pyridine rings is 1. The number of aromatic nitrogens is 3. The normalized spacial score (nSPS) is 12.4. The Hall–Kier alpha value is -2.88. The van der Waals surface area contributed by atoms with Crippen molar-refractivity contribution in [2.45, 2.75) is 45.7 Å². The number of hydrogen-bond donors (Lipinski definition) is 2. The summed E-state index contributed by atoms with van der Waals surface area (Å²) in [4.78, 5) is 4.75. The molecule has 0 amide bonds. The number of hydrogen-bond acceptors (Lipinski definition) is 7. The van der Waals surface area contributed by atoms with Gasteiger partial charge in [0.1, 0.15) is 12.2 Å². The maximum absolute atomic E-state index is 12.7. The summed E-state index contributed by atoms with van der Waals surface area (Å²) in [5.41, 5.74) is 2.92. The van der Waals surface area contributed by atoms with Gasteiger partial charge in [0, 0.05) is 31.3 Å². The first-order chi connectivity index (χ1) is 15.0. The molecule has 0 aliphatic carbocycles. The minimum Gasteiger partial charge on any atom is -0.402 e. The second-order valence-corrected chi connectivity index (χ2v) is 8.65. The van der Waals surface area contributed by atoms with Crippen LogP contribution in [0.5, 0.6) is 0 Å². The van der Waals surface area contributed by atoms with E-state index in [2.05, 4.69) is 20.8 Å². The summed E-state index contributed by atoms with van der Waals surface area (Å²) in [5.74, 6) is 0.267. The Bertz CT molecular complexity index is 1070. The monoisotopic (exact) mass is 451 g/mol. The smallest absolute Gasteiger partial charge is 0.402 e. The van der Waals surface area contributed by atoms with Crippen molar-refractivity contribution >= 4 is 22.6 Å². The highest BCUT2D eigenvalue weighted by Gasteiger charge is 2.27. The van der Waals surface area contributed by atoms with Gasteiger partial charge in [0.15, 0.2) is 0 Å². The van der Waals surface area contributed by atoms with Gasteiger partial charge in [0.2, 0.25) is 0 Å². The summed E-state index contributed by atoms with van der Waals surface area (Å²) >= 11 is 0. The standard InChI is InChI=1S/C22H28F3N5O2/c1-13-9-17(19-29-30-20(32-19)26-7-6-8-31-5)28-18-15(13)10-14(27-12-22(23,24)25)11-16(18)21(2,3)4/h9-11,27H,6-8,12H2,1-5H3,(H,26,30). The molecule has 0 saturated carbocycles. The zero-order chi connectivity index (χ0) is 23.5. The molecular weight excluding hydrogens is 423 g/mol. The van der Waals surface area contributed by atoms with Crippen LogP contribution in [0, 0.1) is 6.92 Å². The van der Waals surface area contributed by atoms with Gasteiger partial charge in [-0.05, 0) is 48.1 Å². The highest BCUT2D eigenvalue weighted by atomic mass is 19.4. The molecule has 0 aliphatic heterocycles. The van der Waals surface area contributed by atoms with E-state index in [0.29, 0.717) is 36.1 Å². The van der Waals surface area contributed by atoms with E-state index in [-0.39, 0.29) is 11.3 Å². The van der Waals surface area contributed by atoms with Gasteiger partial charge in [-0.15, -0.1) is 5.10 Å². The van der Waals surface area contributed by atoms with E-state index in [1.807, 2.05) is 27.7 Å². The third-order valence-corrected chi connectivity index (χ3v) is 4.87. The van der Waals surface area contributed by atoms with Gasteiger partial charge in [0.05, 0.1) is 5.52 Å². The topological polar surface area (TPSA) is 85.1 Å². The molecule has 0 atom stereocenters. The number of aryl methyl sites for hydroxylation is 1. The van der Waals surface area contributed by atoms with Crippen LogP contribution in [0.25, 0.3) is 22.5 Å². The molecule has 0 unspecified atom stereocenters. The second-order valence-electron chi connectivity index (χ2n) is 8.65. The van der Waals surface area contributed by atoms with Gasteiger partial charge in [-0.2, -0.15) is 13.2 Å². The van der Waals surface area contributed by atoms with Crippen LogP contribution in [-0.4, -0.2) is 48.2 Å². The van der Waals surface area contributed by atoms with Crippen molar-refractivity contribution in [2.24, 2.45) is 0 Å². The van der Waals surface area contributed by atoms with Gasteiger partial charge in [0.25, 0.3) is 5.89 Å². The number of benzene rings is 1. The third kappa shape index (κ3) is 5.87. The first kappa shape index (κ1) is 23.8. The van der Waals surface area contributed by atoms with E-state index >= 15 is 0 Å². The molecule has 0 aliphatic rings. The molecule has 2 N–H and O–H groups in total. The number of ether oxygens (including phenoxy) is 1. The summed E-state index contributed by atoms with van der Waals surface area (Å²) in [7, 11) is 1.64. The number of alkyl halides is 3. The molecule has 1 aromatic carbocycles. The van der Waals surface area contributed by atoms with Crippen LogP contribution in [0.3, 0.4) is 0 Å². The fourth-order valence-electron chi connectivity index (χ4n) is 3.29. The van der Waals surface area contributed by atoms with Gasteiger partial charge in [-0.1, -0.05) is 25.9 Å². The molecule has 0 saturated heterocycles. The first-order valence-corrected chi connectivity index (χ1v) is 10.3. The minimum absolute atomic E-state index is 0.267. The van der Waals surface area contributed by atoms with Crippen LogP contribution in [0.15, 0.2) is 22.6 Å². The van der Waals surface area contributed by atoms with Crippen molar-refractivity contribution in [3.05, 3.63) is 29.3 Å². The number of halogens is 3. The van der Waals surface area contributed by atoms with Crippen LogP contribution in [0.1, 0.15) is 38.3 Å². The molecule has 2 aromatic heterocycles. The number of nitrogens with one attached hydrogen (secondary N) is 2. The molecule has 0 bridgehead atoms. The molecule has 3 rings (SSSR count). The quantitative estimate of drug-likeness (QED) is 0.449. The Morgan fingerprint density at radius 2 is 1.81 bits per heavy atom. The van der Waals surface area contributed by atoms with Crippen LogP contribution in [0.4, 0.5) is 24.9 Å². The second kappa shape index (κ2) is 9.32. The summed E-state index contributed by atoms with van der Waals surface area (Å²) in [6.45, 7) is 8.01. The Morgan fingerprint density at radius 3 is 2.47 bits per heavy atom. The van der Waals surface area contributed by atoms with Crippen LogP contribution < -0.4 is 10.6 Å². The lowest BCUT2D eigenvalue weighted by atomic mass is 9.84. The first-order valence-electron chi connectivity index (χ1n) is 10.3. The Labute approximate surface area is 184 Å². The molecule has 32 heavy (non-hydrogen) atoms. The summed E-state index contributed by atoms with van der Waals surface area (Å²) in [5, 5.41) is 14.4. The lowest BCUT2D eigenvalue weighted by Gasteiger charge is -2.23. The fraction of sp³-hybridized carbons (Fsp3) is 0.500. The van der Waals surface area contributed by atoms with E-state index in [0.717, 1.165) is 22.9 Å². The number of fused-ring (bicyclic) bond motifs is 1. The maximum atomic E-state index is 12.7. The maximum Gasteiger partial charge on any atom is 0.405 e. The average molecular weight is 451 g/mol. The molecule has 7 nitrogen and oxygen atoms in total. The van der Waals surface area contributed by atoms with Gasteiger partial charge < -0.3 is 19.8 Å². The summed E-state index contributed by atoms with van der Waals surface area (Å²) < 4.78 is 48.9. The SMILES string of the molecule is COCCCNc1nnc(-c2cc(C)c3cc(NCC(F)(F)F)cc(C(C)(C)C)c3n2)o1. The van der Waals surface area contributed by atoms with Crippen molar-refractivity contribution in [3.8, 4) is 11.6 Å². The zero-order valence-electron chi connectivity index (χ0n) is 18.9. The van der Waals surface area contributed by atoms with Crippen molar-refractivity contribution in [2.75, 3.05) is 37.4 Å². The fourth-order valence-corrected chi connectivity index (χ4v) is 3.29. The molecule has 0 spiro atoms. The van der Waals surface area contributed by atoms with Crippen LogP contribution in [-0.2, 0) is 10.2 Å². The molecular formula is C22H28F3N5O2. The number of nitrogens with zero attached hydrogens (tertiary/aromatic N) is 3. The predicted molar refractivity (Wildman–Crippen MR) is 118 cm³/mol. The minimum atomic E-state index is -4.30. The van der Waals surface area contributed by atoms with Crippen molar-refractivity contribution < 1.29 is 22.3 Å². The summed E-state index contributed by atoms with van der Waals surface area (Å²) in [6.07, 6.45) is -3.51. The lowest BCUT2D eigenvalue weighted by Crippen LogP contribution is -2.22. The molecule has 2 heterocycles. The molecule has 0 fully saturated rings. The molecule has 0 radical (unpaired) electrons. The van der Waals surface area contributed by atoms with Crippen molar-refractivity contribution in [1.29, 1.82) is 0 Å². The zero-order valence-corrected chi connectivity index (χ0v) is 18.9. The Balaban J connectivity index is 1.98. The van der Waals surface area contributed by atoms with Crippen LogP contribution >= 0.6 is 0 Å². The molecule has 10 heteroatoms. The van der Waals surface area contributed by atoms with E-state index in [1.165, 1.54) is 0 Å². The van der Waals surface area contributed by atoms with Crippen molar-refractivity contribution in [1.82, 2.24) is 15.2 Å². The molecule has 3 aromatic rings. The van der Waals surface area contributed by atoms with Crippen LogP contribution in [0.2, 0.25) is 0 Å². The highest BCUT2D eigenvalue weighted by Crippen LogP contribution is 2.35. The largest absolute Gasteiger partial charge is 0.405 e.